The van der Waals surface area contributed by atoms with Gasteiger partial charge in [0.15, 0.2) is 0 Å². The first-order valence-corrected chi connectivity index (χ1v) is 9.40. The first-order chi connectivity index (χ1) is 13.5. The summed E-state index contributed by atoms with van der Waals surface area (Å²) >= 11 is 12.3. The van der Waals surface area contributed by atoms with Crippen molar-refractivity contribution in [3.05, 3.63) is 87.9 Å². The molecule has 2 aromatic carbocycles. The van der Waals surface area contributed by atoms with Gasteiger partial charge in [-0.15, -0.1) is 0 Å². The Balaban J connectivity index is 1.71. The van der Waals surface area contributed by atoms with Gasteiger partial charge in [0.25, 0.3) is 5.91 Å². The maximum absolute atomic E-state index is 12.8. The Morgan fingerprint density at radius 1 is 1.07 bits per heavy atom. The van der Waals surface area contributed by atoms with Crippen molar-refractivity contribution in [1.29, 1.82) is 0 Å². The van der Waals surface area contributed by atoms with E-state index in [4.69, 9.17) is 23.2 Å². The van der Waals surface area contributed by atoms with E-state index in [1.165, 1.54) is 0 Å². The molecule has 2 heterocycles. The smallest absolute Gasteiger partial charge is 0.258 e. The van der Waals surface area contributed by atoms with Gasteiger partial charge >= 0.3 is 0 Å². The van der Waals surface area contributed by atoms with Crippen molar-refractivity contribution in [2.45, 2.75) is 13.5 Å². The standard InChI is InChI=1S/C21H16Cl2N4O/c1-13-25-20-17(26-21(28)19-15(22)6-2-7-16(19)23)8-3-9-18(20)27(13)12-14-5-4-10-24-11-14/h2-11H,12H2,1H3,(H,26,28). The number of rotatable bonds is 4. The van der Waals surface area contributed by atoms with E-state index in [1.807, 2.05) is 43.5 Å². The Labute approximate surface area is 171 Å². The lowest BCUT2D eigenvalue weighted by atomic mass is 10.2. The molecule has 0 aliphatic heterocycles. The molecule has 0 saturated carbocycles. The number of aryl methyl sites for hydroxylation is 1. The third-order valence-electron chi connectivity index (χ3n) is 4.47. The van der Waals surface area contributed by atoms with Gasteiger partial charge in [-0.25, -0.2) is 4.98 Å². The monoisotopic (exact) mass is 410 g/mol. The van der Waals surface area contributed by atoms with Crippen LogP contribution in [-0.2, 0) is 6.54 Å². The van der Waals surface area contributed by atoms with Crippen molar-refractivity contribution in [3.8, 4) is 0 Å². The van der Waals surface area contributed by atoms with E-state index in [0.29, 0.717) is 27.8 Å². The van der Waals surface area contributed by atoms with Crippen LogP contribution in [0.25, 0.3) is 11.0 Å². The largest absolute Gasteiger partial charge is 0.324 e. The van der Waals surface area contributed by atoms with Crippen molar-refractivity contribution in [1.82, 2.24) is 14.5 Å². The maximum Gasteiger partial charge on any atom is 0.258 e. The second-order valence-corrected chi connectivity index (χ2v) is 7.14. The summed E-state index contributed by atoms with van der Waals surface area (Å²) in [7, 11) is 0. The van der Waals surface area contributed by atoms with Crippen molar-refractivity contribution >= 4 is 45.8 Å². The van der Waals surface area contributed by atoms with E-state index in [1.54, 1.807) is 24.4 Å². The number of carbonyl (C=O) groups is 1. The van der Waals surface area contributed by atoms with Crippen LogP contribution in [0.5, 0.6) is 0 Å². The lowest BCUT2D eigenvalue weighted by Gasteiger charge is -2.10. The number of para-hydroxylation sites is 1. The van der Waals surface area contributed by atoms with Gasteiger partial charge in [-0.05, 0) is 42.8 Å². The first kappa shape index (κ1) is 18.5. The highest BCUT2D eigenvalue weighted by Gasteiger charge is 2.17. The molecule has 0 unspecified atom stereocenters. The quantitative estimate of drug-likeness (QED) is 0.493. The van der Waals surface area contributed by atoms with Crippen LogP contribution in [0.15, 0.2) is 60.9 Å². The molecule has 4 aromatic rings. The fourth-order valence-electron chi connectivity index (χ4n) is 3.14. The molecule has 0 aliphatic carbocycles. The number of fused-ring (bicyclic) bond motifs is 1. The summed E-state index contributed by atoms with van der Waals surface area (Å²) in [5, 5.41) is 3.49. The van der Waals surface area contributed by atoms with Gasteiger partial charge in [0.05, 0.1) is 33.4 Å². The SMILES string of the molecule is Cc1nc2c(NC(=O)c3c(Cl)cccc3Cl)cccc2n1Cc1cccnc1. The molecule has 0 aliphatic rings. The highest BCUT2D eigenvalue weighted by atomic mass is 35.5. The molecule has 0 saturated heterocycles. The second-order valence-electron chi connectivity index (χ2n) is 6.33. The zero-order valence-electron chi connectivity index (χ0n) is 15.0. The number of amides is 1. The molecule has 1 N–H and O–H groups in total. The molecule has 0 fully saturated rings. The highest BCUT2D eigenvalue weighted by Crippen LogP contribution is 2.28. The van der Waals surface area contributed by atoms with Gasteiger partial charge in [0, 0.05) is 12.4 Å². The number of halogens is 2. The molecular formula is C21H16Cl2N4O. The van der Waals surface area contributed by atoms with Gasteiger partial charge < -0.3 is 9.88 Å². The molecule has 0 radical (unpaired) electrons. The number of benzene rings is 2. The molecule has 140 valence electrons. The van der Waals surface area contributed by atoms with E-state index in [-0.39, 0.29) is 11.5 Å². The third kappa shape index (κ3) is 3.46. The molecule has 0 bridgehead atoms. The molecule has 4 rings (SSSR count). The molecule has 0 spiro atoms. The maximum atomic E-state index is 12.8. The van der Waals surface area contributed by atoms with Crippen LogP contribution in [0.3, 0.4) is 0 Å². The van der Waals surface area contributed by atoms with E-state index >= 15 is 0 Å². The van der Waals surface area contributed by atoms with Gasteiger partial charge in [-0.3, -0.25) is 9.78 Å². The zero-order chi connectivity index (χ0) is 19.7. The summed E-state index contributed by atoms with van der Waals surface area (Å²) < 4.78 is 2.09. The van der Waals surface area contributed by atoms with Crippen LogP contribution in [0.4, 0.5) is 5.69 Å². The van der Waals surface area contributed by atoms with Crippen molar-refractivity contribution < 1.29 is 4.79 Å². The minimum atomic E-state index is -0.373. The third-order valence-corrected chi connectivity index (χ3v) is 5.10. The summed E-state index contributed by atoms with van der Waals surface area (Å²) in [5.41, 5.74) is 3.55. The number of hydrogen-bond donors (Lipinski definition) is 1. The molecule has 0 atom stereocenters. The average Bonchev–Trinajstić information content (AvgIpc) is 2.99. The Bertz CT molecular complexity index is 1150. The zero-order valence-corrected chi connectivity index (χ0v) is 16.5. The summed E-state index contributed by atoms with van der Waals surface area (Å²) in [6.45, 7) is 2.58. The van der Waals surface area contributed by atoms with Crippen LogP contribution in [0, 0.1) is 6.92 Å². The lowest BCUT2D eigenvalue weighted by molar-refractivity contribution is 0.102. The average molecular weight is 411 g/mol. The fourth-order valence-corrected chi connectivity index (χ4v) is 3.71. The number of anilines is 1. The van der Waals surface area contributed by atoms with E-state index in [2.05, 4.69) is 19.9 Å². The van der Waals surface area contributed by atoms with Crippen molar-refractivity contribution in [3.63, 3.8) is 0 Å². The van der Waals surface area contributed by atoms with Crippen LogP contribution >= 0.6 is 23.2 Å². The van der Waals surface area contributed by atoms with Gasteiger partial charge in [0.1, 0.15) is 11.3 Å². The van der Waals surface area contributed by atoms with Crippen molar-refractivity contribution in [2.75, 3.05) is 5.32 Å². The molecule has 5 nitrogen and oxygen atoms in total. The van der Waals surface area contributed by atoms with E-state index in [9.17, 15) is 4.79 Å². The number of nitrogens with zero attached hydrogens (tertiary/aromatic N) is 3. The number of nitrogens with one attached hydrogen (secondary N) is 1. The van der Waals surface area contributed by atoms with Crippen LogP contribution in [0.2, 0.25) is 10.0 Å². The van der Waals surface area contributed by atoms with Gasteiger partial charge in [0.2, 0.25) is 0 Å². The molecule has 2 aromatic heterocycles. The summed E-state index contributed by atoms with van der Waals surface area (Å²) in [6, 6.07) is 14.6. The predicted octanol–water partition coefficient (Wildman–Crippen LogP) is 5.35. The topological polar surface area (TPSA) is 59.8 Å². The number of hydrogen-bond acceptors (Lipinski definition) is 3. The first-order valence-electron chi connectivity index (χ1n) is 8.64. The molecule has 1 amide bonds. The normalized spacial score (nSPS) is 11.0. The summed E-state index contributed by atoms with van der Waals surface area (Å²) in [5.74, 6) is 0.471. The fraction of sp³-hybridized carbons (Fsp3) is 0.0952. The van der Waals surface area contributed by atoms with Crippen LogP contribution in [0.1, 0.15) is 21.7 Å². The number of imidazole rings is 1. The lowest BCUT2D eigenvalue weighted by Crippen LogP contribution is -2.13. The number of aromatic nitrogens is 3. The Morgan fingerprint density at radius 2 is 1.82 bits per heavy atom. The van der Waals surface area contributed by atoms with E-state index < -0.39 is 0 Å². The molecular weight excluding hydrogens is 395 g/mol. The van der Waals surface area contributed by atoms with Crippen LogP contribution in [-0.4, -0.2) is 20.4 Å². The number of pyridine rings is 1. The Hall–Kier alpha value is -2.89. The summed E-state index contributed by atoms with van der Waals surface area (Å²) in [4.78, 5) is 21.6. The highest BCUT2D eigenvalue weighted by molar-refractivity contribution is 6.40. The molecule has 28 heavy (non-hydrogen) atoms. The second kappa shape index (κ2) is 7.62. The van der Waals surface area contributed by atoms with Gasteiger partial charge in [-0.1, -0.05) is 41.4 Å². The van der Waals surface area contributed by atoms with Crippen LogP contribution < -0.4 is 5.32 Å². The predicted molar refractivity (Wildman–Crippen MR) is 112 cm³/mol. The van der Waals surface area contributed by atoms with Gasteiger partial charge in [-0.2, -0.15) is 0 Å². The minimum absolute atomic E-state index is 0.245. The Kier molecular flexibility index (Phi) is 5.03. The molecule has 7 heteroatoms. The minimum Gasteiger partial charge on any atom is -0.324 e. The van der Waals surface area contributed by atoms with Crippen molar-refractivity contribution in [2.24, 2.45) is 0 Å². The summed E-state index contributed by atoms with van der Waals surface area (Å²) in [6.07, 6.45) is 3.58. The Morgan fingerprint density at radius 3 is 2.54 bits per heavy atom. The number of carbonyl (C=O) groups excluding carboxylic acids is 1. The van der Waals surface area contributed by atoms with E-state index in [0.717, 1.165) is 16.9 Å².